The number of nitrogens with one attached hydrogen (secondary N) is 1. The molecule has 3 aliphatic rings. The van der Waals surface area contributed by atoms with Gasteiger partial charge in [-0.05, 0) is 43.9 Å². The molecule has 0 bridgehead atoms. The number of methoxy groups -OCH3 is 1. The Balaban J connectivity index is 1.55. The quantitative estimate of drug-likeness (QED) is 0.759. The van der Waals surface area contributed by atoms with Gasteiger partial charge in [-0.3, -0.25) is 9.79 Å². The fourth-order valence-corrected chi connectivity index (χ4v) is 4.90. The Morgan fingerprint density at radius 1 is 1.30 bits per heavy atom. The van der Waals surface area contributed by atoms with Crippen LogP contribution in [0.25, 0.3) is 0 Å². The molecule has 0 unspecified atom stereocenters. The summed E-state index contributed by atoms with van der Waals surface area (Å²) in [7, 11) is 1.56. The third kappa shape index (κ3) is 3.60. The third-order valence-corrected chi connectivity index (χ3v) is 6.94. The average Bonchev–Trinajstić information content (AvgIpc) is 3.20. The zero-order valence-electron chi connectivity index (χ0n) is 18.8. The number of halogens is 3. The highest BCUT2D eigenvalue weighted by molar-refractivity contribution is 5.88. The molecule has 2 aliphatic heterocycles. The molecule has 0 radical (unpaired) electrons. The van der Waals surface area contributed by atoms with Crippen molar-refractivity contribution in [3.05, 3.63) is 51.6 Å². The van der Waals surface area contributed by atoms with Crippen LogP contribution in [-0.4, -0.2) is 39.6 Å². The predicted molar refractivity (Wildman–Crippen MR) is 114 cm³/mol. The SMILES string of the molecule is COC1(C(=O)N2Cc3c(n4c(nc3=N[C@H](C)c3cccc(C(F)(F)F)c3C)NCC4)C2)CC1. The Labute approximate surface area is 189 Å². The highest BCUT2D eigenvalue weighted by Gasteiger charge is 2.53. The molecule has 0 saturated heterocycles. The number of nitrogens with zero attached hydrogens (tertiary/aromatic N) is 4. The molecule has 1 amide bonds. The molecular weight excluding hydrogens is 435 g/mol. The van der Waals surface area contributed by atoms with E-state index < -0.39 is 23.4 Å². The molecule has 2 aromatic rings. The van der Waals surface area contributed by atoms with Gasteiger partial charge >= 0.3 is 6.18 Å². The number of hydrogen-bond acceptors (Lipinski definition) is 5. The number of rotatable bonds is 4. The van der Waals surface area contributed by atoms with Crippen molar-refractivity contribution >= 4 is 11.9 Å². The minimum Gasteiger partial charge on any atom is -0.368 e. The Kier molecular flexibility index (Phi) is 5.04. The summed E-state index contributed by atoms with van der Waals surface area (Å²) in [5.74, 6) is 0.636. The number of anilines is 1. The van der Waals surface area contributed by atoms with Gasteiger partial charge in [0.2, 0.25) is 5.95 Å². The van der Waals surface area contributed by atoms with Crippen molar-refractivity contribution in [3.8, 4) is 0 Å². The number of hydrogen-bond donors (Lipinski definition) is 1. The van der Waals surface area contributed by atoms with Gasteiger partial charge < -0.3 is 19.5 Å². The standard InChI is InChI=1S/C23H26F3N5O2/c1-13-15(5-4-6-17(13)23(24,25)26)14(2)28-19-16-11-30(20(32)22(33-3)7-8-22)12-18(16)31-10-9-27-21(31)29-19/h4-6,14H,7-12H2,1-3H3,(H,27,28,29)/t14-/m1/s1. The van der Waals surface area contributed by atoms with E-state index >= 15 is 0 Å². The van der Waals surface area contributed by atoms with Crippen LogP contribution in [0.2, 0.25) is 0 Å². The fraction of sp³-hybridized carbons (Fsp3) is 0.522. The summed E-state index contributed by atoms with van der Waals surface area (Å²) in [4.78, 5) is 24.3. The average molecular weight is 461 g/mol. The van der Waals surface area contributed by atoms with E-state index in [2.05, 4.69) is 14.9 Å². The minimum atomic E-state index is -4.42. The third-order valence-electron chi connectivity index (χ3n) is 6.94. The number of fused-ring (bicyclic) bond motifs is 3. The molecule has 1 N–H and O–H groups in total. The van der Waals surface area contributed by atoms with Crippen LogP contribution in [0.3, 0.4) is 0 Å². The van der Waals surface area contributed by atoms with E-state index in [-0.39, 0.29) is 11.5 Å². The molecule has 0 spiro atoms. The molecule has 176 valence electrons. The first-order valence-corrected chi connectivity index (χ1v) is 11.1. The molecule has 33 heavy (non-hydrogen) atoms. The Hall–Kier alpha value is -2.88. The zero-order valence-corrected chi connectivity index (χ0v) is 18.8. The number of carbonyl (C=O) groups is 1. The van der Waals surface area contributed by atoms with Gasteiger partial charge in [-0.2, -0.15) is 18.2 Å². The highest BCUT2D eigenvalue weighted by Crippen LogP contribution is 2.42. The number of aromatic nitrogens is 2. The van der Waals surface area contributed by atoms with Gasteiger partial charge in [-0.25, -0.2) is 0 Å². The number of ether oxygens (including phenoxy) is 1. The molecule has 7 nitrogen and oxygen atoms in total. The van der Waals surface area contributed by atoms with Crippen LogP contribution >= 0.6 is 0 Å². The number of amides is 1. The van der Waals surface area contributed by atoms with Crippen molar-refractivity contribution < 1.29 is 22.7 Å². The minimum absolute atomic E-state index is 0.0331. The molecule has 1 saturated carbocycles. The maximum absolute atomic E-state index is 13.4. The second-order valence-corrected chi connectivity index (χ2v) is 8.94. The molecule has 1 aliphatic carbocycles. The van der Waals surface area contributed by atoms with Crippen LogP contribution in [0.4, 0.5) is 19.1 Å². The lowest BCUT2D eigenvalue weighted by Crippen LogP contribution is -2.38. The largest absolute Gasteiger partial charge is 0.416 e. The lowest BCUT2D eigenvalue weighted by atomic mass is 9.97. The summed E-state index contributed by atoms with van der Waals surface area (Å²) in [5.41, 5.74) is 1.57. The number of benzene rings is 1. The zero-order chi connectivity index (χ0) is 23.5. The van der Waals surface area contributed by atoms with Gasteiger partial charge in [0.1, 0.15) is 5.60 Å². The molecular formula is C23H26F3N5O2. The monoisotopic (exact) mass is 461 g/mol. The first-order valence-electron chi connectivity index (χ1n) is 11.1. The Morgan fingerprint density at radius 3 is 2.73 bits per heavy atom. The van der Waals surface area contributed by atoms with Gasteiger partial charge in [0.05, 0.1) is 24.7 Å². The summed E-state index contributed by atoms with van der Waals surface area (Å²) in [6.07, 6.45) is -3.00. The Bertz CT molecular complexity index is 1200. The molecule has 10 heteroatoms. The highest BCUT2D eigenvalue weighted by atomic mass is 19.4. The Morgan fingerprint density at radius 2 is 2.06 bits per heavy atom. The normalized spacial score (nSPS) is 19.8. The van der Waals surface area contributed by atoms with Crippen molar-refractivity contribution in [2.24, 2.45) is 4.99 Å². The predicted octanol–water partition coefficient (Wildman–Crippen LogP) is 3.32. The fourth-order valence-electron chi connectivity index (χ4n) is 4.90. The molecule has 1 aromatic heterocycles. The summed E-state index contributed by atoms with van der Waals surface area (Å²) in [6.45, 7) is 5.51. The van der Waals surface area contributed by atoms with Crippen molar-refractivity contribution in [2.75, 3.05) is 19.0 Å². The van der Waals surface area contributed by atoms with Crippen LogP contribution in [0, 0.1) is 6.92 Å². The topological polar surface area (TPSA) is 71.8 Å². The summed E-state index contributed by atoms with van der Waals surface area (Å²) in [5, 5.41) is 3.24. The van der Waals surface area contributed by atoms with Gasteiger partial charge in [0.25, 0.3) is 5.91 Å². The van der Waals surface area contributed by atoms with Crippen LogP contribution < -0.4 is 10.8 Å². The van der Waals surface area contributed by atoms with E-state index in [0.29, 0.717) is 42.9 Å². The van der Waals surface area contributed by atoms with Gasteiger partial charge in [0.15, 0.2) is 5.49 Å². The maximum atomic E-state index is 13.4. The van der Waals surface area contributed by atoms with Gasteiger partial charge in [-0.1, -0.05) is 12.1 Å². The summed E-state index contributed by atoms with van der Waals surface area (Å²) in [6, 6.07) is 3.64. The number of carbonyl (C=O) groups excluding carboxylic acids is 1. The van der Waals surface area contributed by atoms with E-state index in [9.17, 15) is 18.0 Å². The van der Waals surface area contributed by atoms with Crippen LogP contribution in [0.15, 0.2) is 23.2 Å². The van der Waals surface area contributed by atoms with Gasteiger partial charge in [-0.15, -0.1) is 0 Å². The molecule has 5 rings (SSSR count). The lowest BCUT2D eigenvalue weighted by Gasteiger charge is -2.21. The van der Waals surface area contributed by atoms with E-state index in [1.54, 1.807) is 25.0 Å². The molecule has 3 heterocycles. The second kappa shape index (κ2) is 7.58. The molecule has 1 fully saturated rings. The van der Waals surface area contributed by atoms with Crippen molar-refractivity contribution in [2.45, 2.75) is 64.1 Å². The van der Waals surface area contributed by atoms with Crippen molar-refractivity contribution in [3.63, 3.8) is 0 Å². The summed E-state index contributed by atoms with van der Waals surface area (Å²) >= 11 is 0. The molecule has 1 atom stereocenters. The van der Waals surface area contributed by atoms with E-state index in [0.717, 1.165) is 30.4 Å². The van der Waals surface area contributed by atoms with E-state index in [4.69, 9.17) is 9.73 Å². The lowest BCUT2D eigenvalue weighted by molar-refractivity contribution is -0.145. The number of alkyl halides is 3. The van der Waals surface area contributed by atoms with E-state index in [1.165, 1.54) is 13.0 Å². The molecule has 1 aromatic carbocycles. The van der Waals surface area contributed by atoms with Crippen molar-refractivity contribution in [1.82, 2.24) is 14.5 Å². The van der Waals surface area contributed by atoms with Crippen LogP contribution in [0.5, 0.6) is 0 Å². The maximum Gasteiger partial charge on any atom is 0.416 e. The first-order chi connectivity index (χ1) is 15.6. The van der Waals surface area contributed by atoms with E-state index in [1.807, 2.05) is 0 Å². The van der Waals surface area contributed by atoms with Gasteiger partial charge in [0, 0.05) is 31.5 Å². The van der Waals surface area contributed by atoms with Crippen LogP contribution in [-0.2, 0) is 35.3 Å². The second-order valence-electron chi connectivity index (χ2n) is 8.94. The summed E-state index contributed by atoms with van der Waals surface area (Å²) < 4.78 is 47.7. The first kappa shape index (κ1) is 21.9. The smallest absolute Gasteiger partial charge is 0.368 e. The van der Waals surface area contributed by atoms with Crippen molar-refractivity contribution in [1.29, 1.82) is 0 Å². The van der Waals surface area contributed by atoms with Crippen LogP contribution in [0.1, 0.15) is 53.8 Å².